The van der Waals surface area contributed by atoms with Crippen LogP contribution in [-0.2, 0) is 9.53 Å². The van der Waals surface area contributed by atoms with E-state index in [1.807, 2.05) is 5.32 Å². The van der Waals surface area contributed by atoms with Crippen molar-refractivity contribution in [2.24, 2.45) is 5.41 Å². The lowest BCUT2D eigenvalue weighted by Crippen LogP contribution is -2.50. The van der Waals surface area contributed by atoms with Crippen LogP contribution in [0, 0.1) is 5.41 Å². The Hall–Kier alpha value is -0.780. The van der Waals surface area contributed by atoms with E-state index in [9.17, 15) is 18.0 Å². The van der Waals surface area contributed by atoms with Gasteiger partial charge in [0.05, 0.1) is 13.2 Å². The van der Waals surface area contributed by atoms with Crippen LogP contribution in [0.1, 0.15) is 6.92 Å². The summed E-state index contributed by atoms with van der Waals surface area (Å²) in [6, 6.07) is 0. The molecule has 1 amide bonds. The molecule has 1 heterocycles. The molecular weight excluding hydrogens is 187 g/mol. The van der Waals surface area contributed by atoms with Crippen molar-refractivity contribution in [2.45, 2.75) is 13.1 Å². The van der Waals surface area contributed by atoms with E-state index >= 15 is 0 Å². The lowest BCUT2D eigenvalue weighted by atomic mass is 9.89. The van der Waals surface area contributed by atoms with Gasteiger partial charge in [0.1, 0.15) is 0 Å². The Kier molecular flexibility index (Phi) is 2.51. The Balaban J connectivity index is 2.30. The summed E-state index contributed by atoms with van der Waals surface area (Å²) in [4.78, 5) is 10.4. The maximum absolute atomic E-state index is 11.7. The molecule has 0 aliphatic carbocycles. The van der Waals surface area contributed by atoms with E-state index < -0.39 is 12.1 Å². The van der Waals surface area contributed by atoms with Crippen molar-refractivity contribution in [3.8, 4) is 0 Å². The minimum absolute atomic E-state index is 0.00530. The van der Waals surface area contributed by atoms with E-state index in [4.69, 9.17) is 4.74 Å². The minimum atomic E-state index is -4.79. The summed E-state index contributed by atoms with van der Waals surface area (Å²) in [5, 5.41) is 1.82. The molecule has 1 saturated heterocycles. The number of rotatable bonds is 2. The second-order valence-corrected chi connectivity index (χ2v) is 3.48. The van der Waals surface area contributed by atoms with Gasteiger partial charge in [-0.3, -0.25) is 4.79 Å². The second-order valence-electron chi connectivity index (χ2n) is 3.48. The number of alkyl halides is 3. The summed E-state index contributed by atoms with van der Waals surface area (Å²) in [5.74, 6) is -1.89. The smallest absolute Gasteiger partial charge is 0.380 e. The minimum Gasteiger partial charge on any atom is -0.380 e. The van der Waals surface area contributed by atoms with E-state index in [1.165, 1.54) is 0 Å². The normalized spacial score (nSPS) is 20.6. The first-order valence-electron chi connectivity index (χ1n) is 3.76. The first-order valence-corrected chi connectivity index (χ1v) is 3.76. The fraction of sp³-hybridized carbons (Fsp3) is 0.857. The molecule has 0 aromatic rings. The van der Waals surface area contributed by atoms with Crippen molar-refractivity contribution in [1.29, 1.82) is 0 Å². The summed E-state index contributed by atoms with van der Waals surface area (Å²) >= 11 is 0. The predicted octanol–water partition coefficient (Wildman–Crippen LogP) is 0.701. The number of hydrogen-bond donors (Lipinski definition) is 1. The average molecular weight is 197 g/mol. The van der Waals surface area contributed by atoms with Gasteiger partial charge in [0.15, 0.2) is 0 Å². The monoisotopic (exact) mass is 197 g/mol. The van der Waals surface area contributed by atoms with Crippen LogP contribution in [0.3, 0.4) is 0 Å². The van der Waals surface area contributed by atoms with Gasteiger partial charge in [-0.15, -0.1) is 0 Å². The molecule has 0 unspecified atom stereocenters. The molecule has 6 heteroatoms. The van der Waals surface area contributed by atoms with Gasteiger partial charge in [0.2, 0.25) is 0 Å². The molecule has 1 fully saturated rings. The molecule has 3 nitrogen and oxygen atoms in total. The number of ether oxygens (including phenoxy) is 1. The van der Waals surface area contributed by atoms with Gasteiger partial charge in [-0.2, -0.15) is 13.2 Å². The lowest BCUT2D eigenvalue weighted by Gasteiger charge is -2.38. The van der Waals surface area contributed by atoms with Gasteiger partial charge in [0, 0.05) is 12.0 Å². The zero-order valence-electron chi connectivity index (χ0n) is 7.07. The van der Waals surface area contributed by atoms with Crippen LogP contribution in [0.4, 0.5) is 13.2 Å². The third kappa shape index (κ3) is 2.58. The first kappa shape index (κ1) is 10.3. The quantitative estimate of drug-likeness (QED) is 0.707. The van der Waals surface area contributed by atoms with Gasteiger partial charge in [-0.05, 0) is 0 Å². The standard InChI is InChI=1S/C7H10F3NO2/c1-6(3-13-4-6)2-11-5(12)7(8,9)10/h2-4H2,1H3,(H,11,12). The number of amides is 1. The van der Waals surface area contributed by atoms with Gasteiger partial charge < -0.3 is 10.1 Å². The molecule has 1 aliphatic rings. The molecule has 1 rings (SSSR count). The second kappa shape index (κ2) is 3.17. The van der Waals surface area contributed by atoms with Crippen molar-refractivity contribution >= 4 is 5.91 Å². The predicted molar refractivity (Wildman–Crippen MR) is 38.0 cm³/mol. The number of halogens is 3. The Bertz CT molecular complexity index is 210. The molecule has 1 aliphatic heterocycles. The Morgan fingerprint density at radius 2 is 2.08 bits per heavy atom. The van der Waals surface area contributed by atoms with Crippen molar-refractivity contribution < 1.29 is 22.7 Å². The molecule has 0 aromatic heterocycles. The van der Waals surface area contributed by atoms with Crippen LogP contribution in [0.2, 0.25) is 0 Å². The summed E-state index contributed by atoms with van der Waals surface area (Å²) in [7, 11) is 0. The fourth-order valence-electron chi connectivity index (χ4n) is 0.946. The largest absolute Gasteiger partial charge is 0.471 e. The highest BCUT2D eigenvalue weighted by Crippen LogP contribution is 2.25. The summed E-state index contributed by atoms with van der Waals surface area (Å²) in [6.07, 6.45) is -4.79. The number of hydrogen-bond acceptors (Lipinski definition) is 2. The molecule has 13 heavy (non-hydrogen) atoms. The topological polar surface area (TPSA) is 38.3 Å². The third-order valence-electron chi connectivity index (χ3n) is 1.83. The molecule has 1 N–H and O–H groups in total. The van der Waals surface area contributed by atoms with E-state index in [1.54, 1.807) is 6.92 Å². The molecule has 0 aromatic carbocycles. The molecule has 0 bridgehead atoms. The average Bonchev–Trinajstić information content (AvgIpc) is 1.94. The fourth-order valence-corrected chi connectivity index (χ4v) is 0.946. The molecule has 0 saturated carbocycles. The Morgan fingerprint density at radius 1 is 1.54 bits per heavy atom. The molecule has 0 spiro atoms. The maximum Gasteiger partial charge on any atom is 0.471 e. The first-order chi connectivity index (χ1) is 5.83. The van der Waals surface area contributed by atoms with Gasteiger partial charge >= 0.3 is 12.1 Å². The zero-order chi connectivity index (χ0) is 10.1. The number of carbonyl (C=O) groups is 1. The van der Waals surface area contributed by atoms with Gasteiger partial charge in [-0.25, -0.2) is 0 Å². The highest BCUT2D eigenvalue weighted by Gasteiger charge is 2.41. The zero-order valence-corrected chi connectivity index (χ0v) is 7.07. The number of carbonyl (C=O) groups excluding carboxylic acids is 1. The summed E-state index contributed by atoms with van der Waals surface area (Å²) < 4.78 is 39.9. The molecule has 0 atom stereocenters. The lowest BCUT2D eigenvalue weighted by molar-refractivity contribution is -0.176. The van der Waals surface area contributed by atoms with Gasteiger partial charge in [-0.1, -0.05) is 6.92 Å². The highest BCUT2D eigenvalue weighted by atomic mass is 19.4. The number of nitrogens with one attached hydrogen (secondary N) is 1. The molecule has 76 valence electrons. The van der Waals surface area contributed by atoms with Crippen LogP contribution in [0.5, 0.6) is 0 Å². The van der Waals surface area contributed by atoms with Crippen molar-refractivity contribution in [3.63, 3.8) is 0 Å². The SMILES string of the molecule is CC1(CNC(=O)C(F)(F)F)COC1. The van der Waals surface area contributed by atoms with Crippen molar-refractivity contribution in [2.75, 3.05) is 19.8 Å². The van der Waals surface area contributed by atoms with Crippen LogP contribution < -0.4 is 5.32 Å². The van der Waals surface area contributed by atoms with Crippen LogP contribution in [0.15, 0.2) is 0 Å². The van der Waals surface area contributed by atoms with Gasteiger partial charge in [0.25, 0.3) is 0 Å². The Labute approximate surface area is 73.2 Å². The van der Waals surface area contributed by atoms with E-state index in [-0.39, 0.29) is 12.0 Å². The van der Waals surface area contributed by atoms with Crippen LogP contribution in [-0.4, -0.2) is 31.8 Å². The van der Waals surface area contributed by atoms with E-state index in [0.717, 1.165) is 0 Å². The molecular formula is C7H10F3NO2. The summed E-state index contributed by atoms with van der Waals surface area (Å²) in [6.45, 7) is 2.55. The summed E-state index contributed by atoms with van der Waals surface area (Å²) in [5.41, 5.74) is -0.332. The molecule has 0 radical (unpaired) electrons. The Morgan fingerprint density at radius 3 is 2.38 bits per heavy atom. The van der Waals surface area contributed by atoms with E-state index in [2.05, 4.69) is 0 Å². The van der Waals surface area contributed by atoms with Crippen molar-refractivity contribution in [3.05, 3.63) is 0 Å². The van der Waals surface area contributed by atoms with E-state index in [0.29, 0.717) is 13.2 Å². The third-order valence-corrected chi connectivity index (χ3v) is 1.83. The van der Waals surface area contributed by atoms with Crippen LogP contribution >= 0.6 is 0 Å². The highest BCUT2D eigenvalue weighted by molar-refractivity contribution is 5.81. The van der Waals surface area contributed by atoms with Crippen LogP contribution in [0.25, 0.3) is 0 Å². The van der Waals surface area contributed by atoms with Crippen molar-refractivity contribution in [1.82, 2.24) is 5.32 Å². The maximum atomic E-state index is 11.7.